The topological polar surface area (TPSA) is 76.6 Å². The van der Waals surface area contributed by atoms with E-state index in [1.54, 1.807) is 6.20 Å². The standard InChI is InChI=1S/C22H24N4O3S2/c1-14-17(3-2-6-23-14)29-22-18-16(5-4-15-13-25-31-19(15)18)20(30-22)21(27)24-7-8-26-9-11-28-12-10-26/h2-3,6,13H,4-5,7-12H2,1H3,(H,24,27). The number of nitrogens with zero attached hydrogens (tertiary/aromatic N) is 3. The first-order valence-electron chi connectivity index (χ1n) is 10.5. The van der Waals surface area contributed by atoms with E-state index in [4.69, 9.17) is 9.47 Å². The Balaban J connectivity index is 1.40. The van der Waals surface area contributed by atoms with E-state index < -0.39 is 0 Å². The third kappa shape index (κ3) is 4.23. The Morgan fingerprint density at radius 1 is 1.32 bits per heavy atom. The minimum absolute atomic E-state index is 0.0276. The molecule has 0 spiro atoms. The lowest BCUT2D eigenvalue weighted by atomic mass is 9.93. The summed E-state index contributed by atoms with van der Waals surface area (Å²) in [7, 11) is 0. The van der Waals surface area contributed by atoms with Crippen LogP contribution in [0.15, 0.2) is 24.5 Å². The largest absolute Gasteiger partial charge is 0.444 e. The van der Waals surface area contributed by atoms with Crippen LogP contribution in [-0.2, 0) is 17.6 Å². The molecule has 4 heterocycles. The van der Waals surface area contributed by atoms with Crippen molar-refractivity contribution in [3.05, 3.63) is 46.2 Å². The predicted molar refractivity (Wildman–Crippen MR) is 121 cm³/mol. The van der Waals surface area contributed by atoms with Gasteiger partial charge in [-0.3, -0.25) is 14.7 Å². The highest BCUT2D eigenvalue weighted by molar-refractivity contribution is 7.17. The quantitative estimate of drug-likeness (QED) is 0.612. The Morgan fingerprint density at radius 3 is 3.03 bits per heavy atom. The van der Waals surface area contributed by atoms with E-state index in [1.807, 2.05) is 25.3 Å². The Labute approximate surface area is 189 Å². The molecule has 1 N–H and O–H groups in total. The molecular weight excluding hydrogens is 432 g/mol. The second-order valence-corrected chi connectivity index (χ2v) is 9.44. The summed E-state index contributed by atoms with van der Waals surface area (Å²) in [6, 6.07) is 3.77. The Bertz CT molecular complexity index is 1090. The number of rotatable bonds is 6. The number of aryl methyl sites for hydroxylation is 2. The molecule has 0 aromatic carbocycles. The van der Waals surface area contributed by atoms with Crippen LogP contribution in [0.1, 0.15) is 26.5 Å². The van der Waals surface area contributed by atoms with E-state index in [2.05, 4.69) is 19.6 Å². The highest BCUT2D eigenvalue weighted by Crippen LogP contribution is 2.50. The number of morpholine rings is 1. The SMILES string of the molecule is Cc1ncccc1Oc1sc(C(=O)NCCN2CCOCC2)c2c1-c1sncc1CC2. The van der Waals surface area contributed by atoms with Crippen LogP contribution in [0.25, 0.3) is 10.4 Å². The summed E-state index contributed by atoms with van der Waals surface area (Å²) in [5, 5.41) is 3.86. The van der Waals surface area contributed by atoms with E-state index in [1.165, 1.54) is 28.4 Å². The second-order valence-electron chi connectivity index (χ2n) is 7.65. The first-order chi connectivity index (χ1) is 15.2. The number of nitrogens with one attached hydrogen (secondary N) is 1. The molecule has 0 saturated carbocycles. The van der Waals surface area contributed by atoms with Crippen molar-refractivity contribution in [2.24, 2.45) is 0 Å². The zero-order valence-corrected chi connectivity index (χ0v) is 19.0. The summed E-state index contributed by atoms with van der Waals surface area (Å²) in [6.45, 7) is 6.74. The summed E-state index contributed by atoms with van der Waals surface area (Å²) in [5.74, 6) is 0.683. The molecule has 0 atom stereocenters. The van der Waals surface area contributed by atoms with Crippen LogP contribution in [0.2, 0.25) is 0 Å². The molecular formula is C22H24N4O3S2. The van der Waals surface area contributed by atoms with Crippen LogP contribution in [0, 0.1) is 6.92 Å². The number of pyridine rings is 1. The van der Waals surface area contributed by atoms with Gasteiger partial charge in [-0.05, 0) is 54.6 Å². The van der Waals surface area contributed by atoms with Gasteiger partial charge < -0.3 is 14.8 Å². The van der Waals surface area contributed by atoms with Crippen LogP contribution < -0.4 is 10.1 Å². The molecule has 0 radical (unpaired) electrons. The van der Waals surface area contributed by atoms with Crippen molar-refractivity contribution in [1.29, 1.82) is 0 Å². The maximum atomic E-state index is 13.1. The lowest BCUT2D eigenvalue weighted by molar-refractivity contribution is 0.0383. The monoisotopic (exact) mass is 456 g/mol. The second kappa shape index (κ2) is 9.04. The van der Waals surface area contributed by atoms with Gasteiger partial charge in [-0.15, -0.1) is 0 Å². The molecule has 31 heavy (non-hydrogen) atoms. The van der Waals surface area contributed by atoms with Gasteiger partial charge in [-0.1, -0.05) is 11.3 Å². The maximum Gasteiger partial charge on any atom is 0.261 e. The van der Waals surface area contributed by atoms with Crippen LogP contribution in [0.5, 0.6) is 10.8 Å². The van der Waals surface area contributed by atoms with Crippen molar-refractivity contribution in [3.8, 4) is 21.3 Å². The third-order valence-electron chi connectivity index (χ3n) is 5.67. The lowest BCUT2D eigenvalue weighted by Crippen LogP contribution is -2.41. The van der Waals surface area contributed by atoms with Gasteiger partial charge in [0.2, 0.25) is 0 Å². The zero-order chi connectivity index (χ0) is 21.2. The van der Waals surface area contributed by atoms with Crippen molar-refractivity contribution in [2.75, 3.05) is 39.4 Å². The number of carbonyl (C=O) groups is 1. The fraction of sp³-hybridized carbons (Fsp3) is 0.409. The van der Waals surface area contributed by atoms with Crippen LogP contribution in [0.3, 0.4) is 0 Å². The molecule has 1 amide bonds. The zero-order valence-electron chi connectivity index (χ0n) is 17.3. The molecule has 162 valence electrons. The first-order valence-corrected chi connectivity index (χ1v) is 12.1. The van der Waals surface area contributed by atoms with Crippen molar-refractivity contribution < 1.29 is 14.3 Å². The van der Waals surface area contributed by atoms with Crippen molar-refractivity contribution in [1.82, 2.24) is 19.6 Å². The summed E-state index contributed by atoms with van der Waals surface area (Å²) in [5.41, 5.74) is 4.14. The van der Waals surface area contributed by atoms with Crippen molar-refractivity contribution in [3.63, 3.8) is 0 Å². The number of thiophene rings is 1. The minimum Gasteiger partial charge on any atom is -0.444 e. The van der Waals surface area contributed by atoms with E-state index >= 15 is 0 Å². The number of fused-ring (bicyclic) bond motifs is 3. The fourth-order valence-corrected chi connectivity index (χ4v) is 6.04. The average Bonchev–Trinajstić information content (AvgIpc) is 3.40. The molecule has 3 aromatic heterocycles. The number of hydrogen-bond donors (Lipinski definition) is 1. The molecule has 1 aliphatic carbocycles. The summed E-state index contributed by atoms with van der Waals surface area (Å²) in [4.78, 5) is 21.6. The summed E-state index contributed by atoms with van der Waals surface area (Å²) in [6.07, 6.45) is 5.40. The minimum atomic E-state index is -0.0276. The van der Waals surface area contributed by atoms with E-state index in [0.717, 1.165) is 77.3 Å². The highest BCUT2D eigenvalue weighted by Gasteiger charge is 2.31. The Kier molecular flexibility index (Phi) is 5.99. The maximum absolute atomic E-state index is 13.1. The number of aromatic nitrogens is 2. The van der Waals surface area contributed by atoms with Gasteiger partial charge in [0.05, 0.1) is 34.2 Å². The normalized spacial score (nSPS) is 15.9. The molecule has 9 heteroatoms. The van der Waals surface area contributed by atoms with Crippen molar-refractivity contribution >= 4 is 28.8 Å². The van der Waals surface area contributed by atoms with E-state index in [0.29, 0.717) is 12.3 Å². The molecule has 1 fully saturated rings. The number of carbonyl (C=O) groups excluding carboxylic acids is 1. The lowest BCUT2D eigenvalue weighted by Gasteiger charge is -2.26. The first kappa shape index (κ1) is 20.6. The summed E-state index contributed by atoms with van der Waals surface area (Å²) >= 11 is 2.89. The number of ether oxygens (including phenoxy) is 2. The molecule has 3 aromatic rings. The molecule has 0 bridgehead atoms. The third-order valence-corrected chi connectivity index (χ3v) is 7.64. The number of amides is 1. The Morgan fingerprint density at radius 2 is 2.19 bits per heavy atom. The van der Waals surface area contributed by atoms with Gasteiger partial charge in [0.25, 0.3) is 5.91 Å². The molecule has 5 rings (SSSR count). The number of hydrogen-bond acceptors (Lipinski definition) is 8. The van der Waals surface area contributed by atoms with Crippen LogP contribution >= 0.6 is 22.9 Å². The smallest absolute Gasteiger partial charge is 0.261 e. The molecule has 2 aliphatic rings. The molecule has 0 unspecified atom stereocenters. The van der Waals surface area contributed by atoms with Gasteiger partial charge in [0.15, 0.2) is 5.06 Å². The molecule has 7 nitrogen and oxygen atoms in total. The van der Waals surface area contributed by atoms with Gasteiger partial charge in [0.1, 0.15) is 5.75 Å². The van der Waals surface area contributed by atoms with Gasteiger partial charge in [0, 0.05) is 38.6 Å². The predicted octanol–water partition coefficient (Wildman–Crippen LogP) is 3.53. The highest BCUT2D eigenvalue weighted by atomic mass is 32.1. The van der Waals surface area contributed by atoms with Gasteiger partial charge in [-0.25, -0.2) is 4.37 Å². The van der Waals surface area contributed by atoms with E-state index in [9.17, 15) is 4.79 Å². The fourth-order valence-electron chi connectivity index (χ4n) is 3.98. The van der Waals surface area contributed by atoms with E-state index in [-0.39, 0.29) is 5.91 Å². The van der Waals surface area contributed by atoms with Crippen LogP contribution in [-0.4, -0.2) is 59.6 Å². The van der Waals surface area contributed by atoms with Crippen LogP contribution in [0.4, 0.5) is 0 Å². The van der Waals surface area contributed by atoms with Gasteiger partial charge in [-0.2, -0.15) is 0 Å². The molecule has 1 aliphatic heterocycles. The van der Waals surface area contributed by atoms with Gasteiger partial charge >= 0.3 is 0 Å². The van der Waals surface area contributed by atoms with Crippen molar-refractivity contribution in [2.45, 2.75) is 19.8 Å². The summed E-state index contributed by atoms with van der Waals surface area (Å²) < 4.78 is 16.1. The average molecular weight is 457 g/mol. The molecule has 1 saturated heterocycles. The Hall–Kier alpha value is -2.33.